The molecule has 2 aromatic carbocycles. The van der Waals surface area contributed by atoms with Crippen molar-refractivity contribution >= 4 is 29.9 Å². The number of nitrogens with zero attached hydrogens (tertiary/aromatic N) is 1. The molecule has 2 rings (SSSR count). The second-order valence-electron chi connectivity index (χ2n) is 6.23. The van der Waals surface area contributed by atoms with Gasteiger partial charge in [0, 0.05) is 18.7 Å². The molecule has 0 spiro atoms. The highest BCUT2D eigenvalue weighted by Crippen LogP contribution is 2.38. The van der Waals surface area contributed by atoms with Gasteiger partial charge in [-0.1, -0.05) is 12.1 Å². The van der Waals surface area contributed by atoms with Crippen molar-refractivity contribution in [2.75, 3.05) is 42.1 Å². The minimum atomic E-state index is 0. The van der Waals surface area contributed by atoms with E-state index in [1.807, 2.05) is 37.3 Å². The summed E-state index contributed by atoms with van der Waals surface area (Å²) >= 11 is 0. The van der Waals surface area contributed by atoms with Crippen LogP contribution in [-0.4, -0.2) is 48.1 Å². The molecule has 0 heterocycles. The van der Waals surface area contributed by atoms with Crippen molar-refractivity contribution in [1.29, 1.82) is 0 Å². The monoisotopic (exact) mass is 545 g/mol. The summed E-state index contributed by atoms with van der Waals surface area (Å²) in [7, 11) is 8.02. The first-order chi connectivity index (χ1) is 14.6. The fourth-order valence-electron chi connectivity index (χ4n) is 3.01. The van der Waals surface area contributed by atoms with Gasteiger partial charge in [-0.2, -0.15) is 0 Å². The summed E-state index contributed by atoms with van der Waals surface area (Å²) in [5.74, 6) is 3.82. The second kappa shape index (κ2) is 13.7. The number of hydrogen-bond acceptors (Lipinski definition) is 6. The molecule has 0 amide bonds. The van der Waals surface area contributed by atoms with Crippen molar-refractivity contribution in [3.8, 4) is 28.7 Å². The van der Waals surface area contributed by atoms with Crippen LogP contribution < -0.4 is 34.3 Å². The summed E-state index contributed by atoms with van der Waals surface area (Å²) in [6.07, 6.45) is 0. The first kappa shape index (κ1) is 26.5. The molecule has 0 bridgehead atoms. The SMILES string of the molecule is CCNC(=NCc1cc(OC)c(OC)c(OC)c1)NCc1cccc(OC)c1OC.I. The third-order valence-corrected chi connectivity index (χ3v) is 4.42. The van der Waals surface area contributed by atoms with Gasteiger partial charge in [0.05, 0.1) is 42.1 Å². The van der Waals surface area contributed by atoms with Gasteiger partial charge >= 0.3 is 0 Å². The van der Waals surface area contributed by atoms with E-state index in [2.05, 4.69) is 15.6 Å². The van der Waals surface area contributed by atoms with Crippen molar-refractivity contribution in [2.45, 2.75) is 20.0 Å². The summed E-state index contributed by atoms with van der Waals surface area (Å²) in [5, 5.41) is 6.58. The maximum atomic E-state index is 5.50. The Hall–Kier alpha value is -2.56. The number of ether oxygens (including phenoxy) is 5. The summed E-state index contributed by atoms with van der Waals surface area (Å²) < 4.78 is 27.1. The third-order valence-electron chi connectivity index (χ3n) is 4.42. The average Bonchev–Trinajstić information content (AvgIpc) is 2.79. The summed E-state index contributed by atoms with van der Waals surface area (Å²) in [4.78, 5) is 4.67. The molecule has 0 aliphatic carbocycles. The number of methoxy groups -OCH3 is 5. The van der Waals surface area contributed by atoms with Gasteiger partial charge in [0.2, 0.25) is 5.75 Å². The number of guanidine groups is 1. The summed E-state index contributed by atoms with van der Waals surface area (Å²) in [6, 6.07) is 9.56. The highest BCUT2D eigenvalue weighted by atomic mass is 127. The van der Waals surface area contributed by atoms with Gasteiger partial charge in [-0.3, -0.25) is 0 Å². The Kier molecular flexibility index (Phi) is 11.7. The maximum absolute atomic E-state index is 5.50. The lowest BCUT2D eigenvalue weighted by Gasteiger charge is -2.16. The van der Waals surface area contributed by atoms with Crippen molar-refractivity contribution in [1.82, 2.24) is 10.6 Å². The van der Waals surface area contributed by atoms with E-state index >= 15 is 0 Å². The minimum Gasteiger partial charge on any atom is -0.493 e. The molecule has 8 nitrogen and oxygen atoms in total. The van der Waals surface area contributed by atoms with E-state index in [0.717, 1.165) is 17.7 Å². The van der Waals surface area contributed by atoms with Gasteiger partial charge in [0.15, 0.2) is 29.0 Å². The standard InChI is InChI=1S/C22H31N3O5.HI/c1-7-23-22(25-14-16-9-8-10-17(26-2)20(16)29-5)24-13-15-11-18(27-3)21(30-6)19(12-15)28-4;/h8-12H,7,13-14H2,1-6H3,(H2,23,24,25);1H. The molecular weight excluding hydrogens is 513 g/mol. The average molecular weight is 545 g/mol. The van der Waals surface area contributed by atoms with E-state index in [4.69, 9.17) is 23.7 Å². The molecule has 0 aromatic heterocycles. The minimum absolute atomic E-state index is 0. The van der Waals surface area contributed by atoms with Crippen LogP contribution in [0.5, 0.6) is 28.7 Å². The van der Waals surface area contributed by atoms with Crippen LogP contribution in [0.3, 0.4) is 0 Å². The molecule has 9 heteroatoms. The van der Waals surface area contributed by atoms with Gasteiger partial charge in [0.1, 0.15) is 0 Å². The van der Waals surface area contributed by atoms with E-state index in [1.165, 1.54) is 0 Å². The van der Waals surface area contributed by atoms with Crippen molar-refractivity contribution in [3.05, 3.63) is 41.5 Å². The van der Waals surface area contributed by atoms with E-state index in [-0.39, 0.29) is 24.0 Å². The van der Waals surface area contributed by atoms with Crippen LogP contribution >= 0.6 is 24.0 Å². The number of benzene rings is 2. The predicted molar refractivity (Wildman–Crippen MR) is 133 cm³/mol. The Labute approximate surface area is 201 Å². The van der Waals surface area contributed by atoms with E-state index < -0.39 is 0 Å². The van der Waals surface area contributed by atoms with Gasteiger partial charge in [-0.15, -0.1) is 24.0 Å². The molecule has 0 aliphatic rings. The largest absolute Gasteiger partial charge is 0.493 e. The van der Waals surface area contributed by atoms with Crippen LogP contribution in [0.2, 0.25) is 0 Å². The quantitative estimate of drug-likeness (QED) is 0.268. The molecule has 172 valence electrons. The maximum Gasteiger partial charge on any atom is 0.203 e. The fraction of sp³-hybridized carbons (Fsp3) is 0.409. The zero-order valence-corrected chi connectivity index (χ0v) is 21.2. The first-order valence-electron chi connectivity index (χ1n) is 9.62. The van der Waals surface area contributed by atoms with Crippen LogP contribution in [0.25, 0.3) is 0 Å². The molecule has 0 aliphatic heterocycles. The third kappa shape index (κ3) is 6.98. The Bertz CT molecular complexity index is 836. The molecule has 0 unspecified atom stereocenters. The smallest absolute Gasteiger partial charge is 0.203 e. The van der Waals surface area contributed by atoms with Crippen molar-refractivity contribution < 1.29 is 23.7 Å². The number of para-hydroxylation sites is 1. The molecule has 0 saturated heterocycles. The molecule has 0 radical (unpaired) electrons. The molecule has 2 N–H and O–H groups in total. The predicted octanol–water partition coefficient (Wildman–Crippen LogP) is 3.60. The van der Waals surface area contributed by atoms with E-state index in [0.29, 0.717) is 47.8 Å². The Morgan fingerprint density at radius 1 is 0.806 bits per heavy atom. The van der Waals surface area contributed by atoms with Crippen LogP contribution in [0, 0.1) is 0 Å². The lowest BCUT2D eigenvalue weighted by atomic mass is 10.2. The highest BCUT2D eigenvalue weighted by Gasteiger charge is 2.13. The molecular formula is C22H32IN3O5. The summed E-state index contributed by atoms with van der Waals surface area (Å²) in [6.45, 7) is 3.71. The van der Waals surface area contributed by atoms with Gasteiger partial charge in [-0.05, 0) is 30.7 Å². The van der Waals surface area contributed by atoms with Crippen molar-refractivity contribution in [3.63, 3.8) is 0 Å². The number of aliphatic imine (C=N–C) groups is 1. The number of halogens is 1. The van der Waals surface area contributed by atoms with Crippen LogP contribution in [-0.2, 0) is 13.1 Å². The van der Waals surface area contributed by atoms with Crippen LogP contribution in [0.4, 0.5) is 0 Å². The topological polar surface area (TPSA) is 82.6 Å². The lowest BCUT2D eigenvalue weighted by molar-refractivity contribution is 0.324. The summed E-state index contributed by atoms with van der Waals surface area (Å²) in [5.41, 5.74) is 1.90. The van der Waals surface area contributed by atoms with Crippen molar-refractivity contribution in [2.24, 2.45) is 4.99 Å². The Balaban J connectivity index is 0.00000480. The van der Waals surface area contributed by atoms with Gasteiger partial charge in [-0.25, -0.2) is 4.99 Å². The number of hydrogen-bond donors (Lipinski definition) is 2. The number of rotatable bonds is 10. The lowest BCUT2D eigenvalue weighted by Crippen LogP contribution is -2.36. The molecule has 0 fully saturated rings. The van der Waals surface area contributed by atoms with Crippen LogP contribution in [0.1, 0.15) is 18.1 Å². The Morgan fingerprint density at radius 2 is 1.42 bits per heavy atom. The molecule has 0 atom stereocenters. The molecule has 0 saturated carbocycles. The van der Waals surface area contributed by atoms with Gasteiger partial charge < -0.3 is 34.3 Å². The van der Waals surface area contributed by atoms with Gasteiger partial charge in [0.25, 0.3) is 0 Å². The van der Waals surface area contributed by atoms with E-state index in [1.54, 1.807) is 35.5 Å². The second-order valence-corrected chi connectivity index (χ2v) is 6.23. The zero-order chi connectivity index (χ0) is 21.9. The first-order valence-corrected chi connectivity index (χ1v) is 9.62. The fourth-order valence-corrected chi connectivity index (χ4v) is 3.01. The molecule has 2 aromatic rings. The number of nitrogens with one attached hydrogen (secondary N) is 2. The highest BCUT2D eigenvalue weighted by molar-refractivity contribution is 14.0. The normalized spacial score (nSPS) is 10.6. The van der Waals surface area contributed by atoms with Crippen LogP contribution in [0.15, 0.2) is 35.3 Å². The Morgan fingerprint density at radius 3 is 1.94 bits per heavy atom. The molecule has 31 heavy (non-hydrogen) atoms. The van der Waals surface area contributed by atoms with E-state index in [9.17, 15) is 0 Å². The zero-order valence-electron chi connectivity index (χ0n) is 18.9.